The van der Waals surface area contributed by atoms with E-state index in [4.69, 9.17) is 18.3 Å². The third kappa shape index (κ3) is 41.3. The van der Waals surface area contributed by atoms with Gasteiger partial charge in [-0.25, -0.2) is 0 Å². The molecule has 0 aromatic heterocycles. The molecule has 2 unspecified atom stereocenters. The molecule has 0 radical (unpaired) electrons. The maximum atomic E-state index is 13.0. The normalized spacial score (nSPS) is 13.1. The molecular formula is C51H105NO6Si. The second kappa shape index (κ2) is 45.5. The molecule has 0 rings (SSSR count). The smallest absolute Gasteiger partial charge is 0.333 e. The van der Waals surface area contributed by atoms with Crippen LogP contribution in [-0.4, -0.2) is 76.9 Å². The van der Waals surface area contributed by atoms with E-state index < -0.39 is 8.56 Å². The van der Waals surface area contributed by atoms with Crippen molar-refractivity contribution in [1.29, 1.82) is 0 Å². The molecule has 0 fully saturated rings. The van der Waals surface area contributed by atoms with Gasteiger partial charge in [0.05, 0.1) is 12.5 Å². The predicted octanol–water partition coefficient (Wildman–Crippen LogP) is 15.3. The molecule has 0 heterocycles. The summed E-state index contributed by atoms with van der Waals surface area (Å²) in [6.45, 7) is 19.2. The molecule has 7 nitrogen and oxygen atoms in total. The van der Waals surface area contributed by atoms with E-state index in [0.29, 0.717) is 6.61 Å². The second-order valence-corrected chi connectivity index (χ2v) is 21.7. The number of aliphatic hydroxyl groups excluding tert-OH is 1. The van der Waals surface area contributed by atoms with Gasteiger partial charge in [-0.1, -0.05) is 182 Å². The summed E-state index contributed by atoms with van der Waals surface area (Å²) in [5, 5.41) is 9.37. The summed E-state index contributed by atoms with van der Waals surface area (Å²) in [5.41, 5.74) is 0. The van der Waals surface area contributed by atoms with E-state index in [9.17, 15) is 9.90 Å². The second-order valence-electron chi connectivity index (χ2n) is 18.4. The molecular weight excluding hydrogens is 751 g/mol. The number of unbranched alkanes of at least 4 members (excludes halogenated alkanes) is 25. The zero-order valence-electron chi connectivity index (χ0n) is 40.8. The highest BCUT2D eigenvalue weighted by molar-refractivity contribution is 6.64. The molecule has 0 aliphatic carbocycles. The highest BCUT2D eigenvalue weighted by Crippen LogP contribution is 2.22. The zero-order chi connectivity index (χ0) is 43.3. The van der Waals surface area contributed by atoms with Crippen LogP contribution in [0.2, 0.25) is 13.1 Å². The largest absolute Gasteiger partial charge is 0.465 e. The van der Waals surface area contributed by atoms with Crippen LogP contribution < -0.4 is 0 Å². The van der Waals surface area contributed by atoms with Crippen molar-refractivity contribution in [3.8, 4) is 0 Å². The summed E-state index contributed by atoms with van der Waals surface area (Å²) >= 11 is 0. The van der Waals surface area contributed by atoms with Gasteiger partial charge in [0.1, 0.15) is 6.29 Å². The quantitative estimate of drug-likeness (QED) is 0.0283. The summed E-state index contributed by atoms with van der Waals surface area (Å²) in [6.07, 6.45) is 41.8. The number of rotatable bonds is 49. The average Bonchev–Trinajstić information content (AvgIpc) is 3.22. The van der Waals surface area contributed by atoms with Crippen LogP contribution in [0.3, 0.4) is 0 Å². The van der Waals surface area contributed by atoms with Gasteiger partial charge in [-0.2, -0.15) is 0 Å². The number of nitrogens with zero attached hydrogens (tertiary/aromatic N) is 1. The van der Waals surface area contributed by atoms with Gasteiger partial charge in [-0.3, -0.25) is 4.79 Å². The van der Waals surface area contributed by atoms with E-state index in [1.165, 1.54) is 154 Å². The number of carbonyl (C=O) groups is 1. The molecule has 0 amide bonds. The molecule has 354 valence electrons. The molecule has 8 heteroatoms. The monoisotopic (exact) mass is 856 g/mol. The molecule has 0 aromatic carbocycles. The van der Waals surface area contributed by atoms with Crippen LogP contribution >= 0.6 is 0 Å². The lowest BCUT2D eigenvalue weighted by Gasteiger charge is -2.29. The first-order chi connectivity index (χ1) is 28.8. The Morgan fingerprint density at radius 1 is 0.475 bits per heavy atom. The van der Waals surface area contributed by atoms with Gasteiger partial charge in [0.2, 0.25) is 0 Å². The van der Waals surface area contributed by atoms with Gasteiger partial charge in [0.25, 0.3) is 0 Å². The number of hydrogen-bond acceptors (Lipinski definition) is 7. The molecule has 0 aromatic rings. The topological polar surface area (TPSA) is 77.5 Å². The van der Waals surface area contributed by atoms with Crippen molar-refractivity contribution in [1.82, 2.24) is 4.90 Å². The summed E-state index contributed by atoms with van der Waals surface area (Å²) in [7, 11) is -2.27. The highest BCUT2D eigenvalue weighted by atomic mass is 28.4. The third-order valence-electron chi connectivity index (χ3n) is 12.0. The molecule has 59 heavy (non-hydrogen) atoms. The van der Waals surface area contributed by atoms with Crippen LogP contribution in [0.15, 0.2) is 0 Å². The van der Waals surface area contributed by atoms with Gasteiger partial charge in [-0.05, 0) is 103 Å². The molecule has 0 spiro atoms. The average molecular weight is 856 g/mol. The molecule has 2 atom stereocenters. The van der Waals surface area contributed by atoms with Crippen LogP contribution in [0.5, 0.6) is 0 Å². The Hall–Kier alpha value is -0.513. The maximum Gasteiger partial charge on any atom is 0.333 e. The van der Waals surface area contributed by atoms with Gasteiger partial charge in [-0.15, -0.1) is 0 Å². The van der Waals surface area contributed by atoms with Gasteiger partial charge in [0, 0.05) is 19.8 Å². The molecule has 0 bridgehead atoms. The number of esters is 1. The first-order valence-corrected chi connectivity index (χ1v) is 29.1. The van der Waals surface area contributed by atoms with Crippen LogP contribution in [0.1, 0.15) is 252 Å². The molecule has 0 aliphatic rings. The fourth-order valence-corrected chi connectivity index (χ4v) is 9.58. The molecule has 0 aliphatic heterocycles. The third-order valence-corrected chi connectivity index (χ3v) is 13.7. The minimum absolute atomic E-state index is 0.0619. The standard InChI is InChI=1S/C51H105NO6Si/c1-7-11-15-19-21-26-36-46-55-50(41-31-22-17-13-9-3)58-59(5,6)57-48-38-28-25-33-43-52(44-34-35-45-53)42-32-24-27-37-47-56-51(54)49(39-29-18-14-10-4)40-30-23-20-16-12-8-2/h49-50,53H,7-48H2,1-6H3. The van der Waals surface area contributed by atoms with Crippen LogP contribution in [0, 0.1) is 5.92 Å². The van der Waals surface area contributed by atoms with Gasteiger partial charge >= 0.3 is 14.5 Å². The number of hydrogen-bond donors (Lipinski definition) is 1. The van der Waals surface area contributed by atoms with Crippen molar-refractivity contribution >= 4 is 14.5 Å². The number of ether oxygens (including phenoxy) is 2. The van der Waals surface area contributed by atoms with Gasteiger partial charge in [0.15, 0.2) is 0 Å². The van der Waals surface area contributed by atoms with Crippen molar-refractivity contribution in [3.63, 3.8) is 0 Å². The molecule has 1 N–H and O–H groups in total. The first-order valence-electron chi connectivity index (χ1n) is 26.3. The molecule has 0 saturated heterocycles. The Kier molecular flexibility index (Phi) is 45.1. The minimum Gasteiger partial charge on any atom is -0.465 e. The highest BCUT2D eigenvalue weighted by Gasteiger charge is 2.29. The van der Waals surface area contributed by atoms with Crippen molar-refractivity contribution < 1.29 is 28.2 Å². The zero-order valence-corrected chi connectivity index (χ0v) is 41.8. The predicted molar refractivity (Wildman–Crippen MR) is 257 cm³/mol. The summed E-state index contributed by atoms with van der Waals surface area (Å²) < 4.78 is 25.2. The maximum absolute atomic E-state index is 13.0. The van der Waals surface area contributed by atoms with Crippen molar-refractivity contribution in [3.05, 3.63) is 0 Å². The van der Waals surface area contributed by atoms with E-state index in [1.807, 2.05) is 0 Å². The fraction of sp³-hybridized carbons (Fsp3) is 0.980. The van der Waals surface area contributed by atoms with Crippen molar-refractivity contribution in [2.24, 2.45) is 5.92 Å². The summed E-state index contributed by atoms with van der Waals surface area (Å²) in [4.78, 5) is 15.6. The fourth-order valence-electron chi connectivity index (χ4n) is 8.06. The Morgan fingerprint density at radius 3 is 1.37 bits per heavy atom. The van der Waals surface area contributed by atoms with E-state index >= 15 is 0 Å². The van der Waals surface area contributed by atoms with Crippen molar-refractivity contribution in [2.75, 3.05) is 46.1 Å². The van der Waals surface area contributed by atoms with Crippen LogP contribution in [-0.2, 0) is 23.1 Å². The first kappa shape index (κ1) is 58.5. The van der Waals surface area contributed by atoms with Crippen molar-refractivity contribution in [2.45, 2.75) is 272 Å². The van der Waals surface area contributed by atoms with Crippen LogP contribution in [0.4, 0.5) is 0 Å². The van der Waals surface area contributed by atoms with E-state index in [1.54, 1.807) is 0 Å². The van der Waals surface area contributed by atoms with Gasteiger partial charge < -0.3 is 28.3 Å². The Morgan fingerprint density at radius 2 is 0.864 bits per heavy atom. The van der Waals surface area contributed by atoms with Crippen LogP contribution in [0.25, 0.3) is 0 Å². The lowest BCUT2D eigenvalue weighted by Crippen LogP contribution is -2.40. The SMILES string of the molecule is CCCCCCCCCOC(CCCCCCC)O[Si](C)(C)OCCCCCCN(CCCCO)CCCCCCOC(=O)C(CCCCCC)CCCCCCCC. The van der Waals surface area contributed by atoms with E-state index in [-0.39, 0.29) is 24.8 Å². The number of carbonyl (C=O) groups excluding carboxylic acids is 1. The Labute approximate surface area is 370 Å². The lowest BCUT2D eigenvalue weighted by molar-refractivity contribution is -0.149. The number of aliphatic hydroxyl groups is 1. The summed E-state index contributed by atoms with van der Waals surface area (Å²) in [5.74, 6) is 0.157. The Bertz CT molecular complexity index is 847. The lowest BCUT2D eigenvalue weighted by atomic mass is 9.94. The summed E-state index contributed by atoms with van der Waals surface area (Å²) in [6, 6.07) is 0. The Balaban J connectivity index is 4.45. The van der Waals surface area contributed by atoms with E-state index in [2.05, 4.69) is 45.7 Å². The van der Waals surface area contributed by atoms with E-state index in [0.717, 1.165) is 103 Å². The minimum atomic E-state index is -2.27. The molecule has 0 saturated carbocycles.